The molecule has 9 heteroatoms. The topological polar surface area (TPSA) is 119 Å². The Morgan fingerprint density at radius 2 is 2.00 bits per heavy atom. The molecule has 0 spiro atoms. The minimum Gasteiger partial charge on any atom is -0.480 e. The van der Waals surface area contributed by atoms with E-state index in [0.717, 1.165) is 28.0 Å². The molecule has 2 aromatic heterocycles. The highest BCUT2D eigenvalue weighted by Crippen LogP contribution is 2.29. The average Bonchev–Trinajstić information content (AvgIpc) is 3.10. The molecular weight excluding hydrogens is 412 g/mol. The lowest BCUT2D eigenvalue weighted by Crippen LogP contribution is -2.44. The molecule has 0 amide bonds. The van der Waals surface area contributed by atoms with Crippen LogP contribution in [0.2, 0.25) is 0 Å². The molecule has 2 unspecified atom stereocenters. The summed E-state index contributed by atoms with van der Waals surface area (Å²) in [6.45, 7) is 5.99. The van der Waals surface area contributed by atoms with Crippen molar-refractivity contribution in [3.63, 3.8) is 0 Å². The van der Waals surface area contributed by atoms with Crippen LogP contribution in [0.1, 0.15) is 31.0 Å². The summed E-state index contributed by atoms with van der Waals surface area (Å²) < 4.78 is 9.01. The number of pyridine rings is 1. The van der Waals surface area contributed by atoms with Gasteiger partial charge in [-0.15, -0.1) is 0 Å². The van der Waals surface area contributed by atoms with E-state index in [-0.39, 0.29) is 18.1 Å². The van der Waals surface area contributed by atoms with Crippen LogP contribution in [0.25, 0.3) is 22.4 Å². The molecule has 2 heterocycles. The van der Waals surface area contributed by atoms with Gasteiger partial charge >= 0.3 is 5.97 Å². The van der Waals surface area contributed by atoms with E-state index in [2.05, 4.69) is 9.88 Å². The summed E-state index contributed by atoms with van der Waals surface area (Å²) in [7, 11) is 3.36. The SMILES string of the molecule is COC[C@H](C)n1c(-c2cc(C)c(=O)n(C)c2)nc2ccc(CNC(C(=O)O)C(C)O)cc21. The summed E-state index contributed by atoms with van der Waals surface area (Å²) in [5, 5.41) is 21.9. The van der Waals surface area contributed by atoms with Crippen molar-refractivity contribution in [2.75, 3.05) is 13.7 Å². The molecule has 0 aliphatic carbocycles. The lowest BCUT2D eigenvalue weighted by Gasteiger charge is -2.19. The number of hydrogen-bond donors (Lipinski definition) is 3. The second-order valence-electron chi connectivity index (χ2n) is 8.20. The van der Waals surface area contributed by atoms with Gasteiger partial charge in [-0.2, -0.15) is 0 Å². The van der Waals surface area contributed by atoms with Crippen molar-refractivity contribution in [1.29, 1.82) is 0 Å². The van der Waals surface area contributed by atoms with Crippen LogP contribution >= 0.6 is 0 Å². The quantitative estimate of drug-likeness (QED) is 0.463. The Kier molecular flexibility index (Phi) is 7.12. The molecule has 172 valence electrons. The number of ether oxygens (including phenoxy) is 1. The third-order valence-corrected chi connectivity index (χ3v) is 5.50. The Bertz CT molecular complexity index is 1150. The van der Waals surface area contributed by atoms with Crippen LogP contribution in [0.15, 0.2) is 35.3 Å². The monoisotopic (exact) mass is 442 g/mol. The molecule has 9 nitrogen and oxygen atoms in total. The number of imidazole rings is 1. The van der Waals surface area contributed by atoms with Gasteiger partial charge in [0.25, 0.3) is 5.56 Å². The van der Waals surface area contributed by atoms with Crippen LogP contribution < -0.4 is 10.9 Å². The number of hydrogen-bond acceptors (Lipinski definition) is 6. The highest BCUT2D eigenvalue weighted by molar-refractivity contribution is 5.81. The van der Waals surface area contributed by atoms with Gasteiger partial charge in [0.05, 0.1) is 29.8 Å². The van der Waals surface area contributed by atoms with Gasteiger partial charge in [0.15, 0.2) is 0 Å². The molecule has 0 bridgehead atoms. The Morgan fingerprint density at radius 3 is 2.59 bits per heavy atom. The minimum atomic E-state index is -1.10. The van der Waals surface area contributed by atoms with E-state index in [1.165, 1.54) is 6.92 Å². The zero-order chi connectivity index (χ0) is 23.6. The Balaban J connectivity index is 2.09. The highest BCUT2D eigenvalue weighted by atomic mass is 16.5. The minimum absolute atomic E-state index is 0.0371. The van der Waals surface area contributed by atoms with Crippen molar-refractivity contribution in [2.24, 2.45) is 7.05 Å². The van der Waals surface area contributed by atoms with Crippen molar-refractivity contribution in [2.45, 2.75) is 45.5 Å². The Morgan fingerprint density at radius 1 is 1.28 bits per heavy atom. The number of aryl methyl sites for hydroxylation is 2. The summed E-state index contributed by atoms with van der Waals surface area (Å²) in [4.78, 5) is 28.3. The molecule has 0 saturated heterocycles. The molecule has 3 rings (SSSR count). The van der Waals surface area contributed by atoms with E-state index in [0.29, 0.717) is 12.2 Å². The zero-order valence-corrected chi connectivity index (χ0v) is 19.0. The number of aliphatic hydroxyl groups excluding tert-OH is 1. The van der Waals surface area contributed by atoms with Gasteiger partial charge in [0.1, 0.15) is 11.9 Å². The predicted molar refractivity (Wildman–Crippen MR) is 122 cm³/mol. The number of nitrogens with zero attached hydrogens (tertiary/aromatic N) is 3. The number of carboxylic acid groups (broad SMARTS) is 1. The van der Waals surface area contributed by atoms with Crippen molar-refractivity contribution in [3.8, 4) is 11.4 Å². The van der Waals surface area contributed by atoms with E-state index in [4.69, 9.17) is 9.72 Å². The summed E-state index contributed by atoms with van der Waals surface area (Å²) >= 11 is 0. The highest BCUT2D eigenvalue weighted by Gasteiger charge is 2.23. The summed E-state index contributed by atoms with van der Waals surface area (Å²) in [6, 6.07) is 6.46. The zero-order valence-electron chi connectivity index (χ0n) is 19.0. The largest absolute Gasteiger partial charge is 0.480 e. The molecule has 0 aliphatic rings. The van der Waals surface area contributed by atoms with Gasteiger partial charge in [-0.25, -0.2) is 4.98 Å². The molecular formula is C23H30N4O5. The fourth-order valence-electron chi connectivity index (χ4n) is 3.91. The van der Waals surface area contributed by atoms with Crippen molar-refractivity contribution >= 4 is 17.0 Å². The number of rotatable bonds is 9. The molecule has 3 atom stereocenters. The number of aliphatic carboxylic acids is 1. The van der Waals surface area contributed by atoms with E-state index in [1.54, 1.807) is 31.8 Å². The molecule has 0 radical (unpaired) electrons. The fraction of sp³-hybridized carbons (Fsp3) is 0.435. The normalized spacial score (nSPS) is 14.4. The summed E-state index contributed by atoms with van der Waals surface area (Å²) in [5.74, 6) is -0.382. The van der Waals surface area contributed by atoms with Crippen molar-refractivity contribution in [3.05, 3.63) is 51.9 Å². The number of fused-ring (bicyclic) bond motifs is 1. The Labute approximate surface area is 186 Å². The van der Waals surface area contributed by atoms with E-state index >= 15 is 0 Å². The van der Waals surface area contributed by atoms with Gasteiger partial charge < -0.3 is 24.1 Å². The van der Waals surface area contributed by atoms with Gasteiger partial charge in [0, 0.05) is 38.0 Å². The number of aromatic nitrogens is 3. The maximum Gasteiger partial charge on any atom is 0.323 e. The van der Waals surface area contributed by atoms with Crippen LogP contribution in [0.3, 0.4) is 0 Å². The number of carbonyl (C=O) groups is 1. The first-order chi connectivity index (χ1) is 15.1. The molecule has 3 aromatic rings. The van der Waals surface area contributed by atoms with E-state index in [1.807, 2.05) is 31.2 Å². The number of benzene rings is 1. The molecule has 1 aromatic carbocycles. The van der Waals surface area contributed by atoms with Gasteiger partial charge in [-0.3, -0.25) is 14.9 Å². The first-order valence-electron chi connectivity index (χ1n) is 10.5. The molecule has 3 N–H and O–H groups in total. The van der Waals surface area contributed by atoms with E-state index < -0.39 is 18.1 Å². The maximum atomic E-state index is 12.2. The van der Waals surface area contributed by atoms with Gasteiger partial charge in [0.2, 0.25) is 0 Å². The van der Waals surface area contributed by atoms with Crippen molar-refractivity contribution < 1.29 is 19.7 Å². The fourth-order valence-corrected chi connectivity index (χ4v) is 3.91. The number of methoxy groups -OCH3 is 1. The molecule has 32 heavy (non-hydrogen) atoms. The number of nitrogens with one attached hydrogen (secondary N) is 1. The lowest BCUT2D eigenvalue weighted by atomic mass is 10.1. The smallest absolute Gasteiger partial charge is 0.323 e. The second kappa shape index (κ2) is 9.64. The maximum absolute atomic E-state index is 12.2. The number of carboxylic acids is 1. The van der Waals surface area contributed by atoms with Crippen LogP contribution in [0.5, 0.6) is 0 Å². The summed E-state index contributed by atoms with van der Waals surface area (Å²) in [5.41, 5.74) is 3.91. The molecule has 0 aliphatic heterocycles. The second-order valence-corrected chi connectivity index (χ2v) is 8.20. The standard InChI is InChI=1S/C23H30N4O5/c1-13-8-17(11-26(4)22(13)29)21-25-18-7-6-16(10-24-20(15(3)28)23(30)31)9-19(18)27(21)14(2)12-32-5/h6-9,11,14-15,20,24,28H,10,12H2,1-5H3,(H,30,31)/t14-,15?,20?/m0/s1. The molecule has 0 fully saturated rings. The first-order valence-corrected chi connectivity index (χ1v) is 10.5. The average molecular weight is 443 g/mol. The van der Waals surface area contributed by atoms with Crippen LogP contribution in [0.4, 0.5) is 0 Å². The van der Waals surface area contributed by atoms with Crippen LogP contribution in [-0.2, 0) is 23.1 Å². The predicted octanol–water partition coefficient (Wildman–Crippen LogP) is 1.84. The first kappa shape index (κ1) is 23.6. The van der Waals surface area contributed by atoms with E-state index in [9.17, 15) is 19.8 Å². The Hall–Kier alpha value is -3.01. The van der Waals surface area contributed by atoms with Gasteiger partial charge in [-0.1, -0.05) is 6.07 Å². The third-order valence-electron chi connectivity index (χ3n) is 5.50. The third kappa shape index (κ3) is 4.74. The molecule has 0 saturated carbocycles. The van der Waals surface area contributed by atoms with Crippen molar-refractivity contribution in [1.82, 2.24) is 19.4 Å². The van der Waals surface area contributed by atoms with Crippen LogP contribution in [-0.4, -0.2) is 56.2 Å². The lowest BCUT2D eigenvalue weighted by molar-refractivity contribution is -0.142. The number of aliphatic hydroxyl groups is 1. The summed E-state index contributed by atoms with van der Waals surface area (Å²) in [6.07, 6.45) is 0.748. The van der Waals surface area contributed by atoms with Gasteiger partial charge in [-0.05, 0) is 44.5 Å². The van der Waals surface area contributed by atoms with Crippen LogP contribution in [0, 0.1) is 6.92 Å².